The fraction of sp³-hybridized carbons (Fsp3) is 0.480. The van der Waals surface area contributed by atoms with Crippen LogP contribution < -0.4 is 19.6 Å². The molecule has 0 fully saturated rings. The molecule has 174 valence electrons. The van der Waals surface area contributed by atoms with Crippen LogP contribution in [-0.2, 0) is 11.2 Å². The van der Waals surface area contributed by atoms with E-state index in [-0.39, 0.29) is 28.5 Å². The van der Waals surface area contributed by atoms with Gasteiger partial charge in [0.1, 0.15) is 5.76 Å². The molecule has 0 saturated heterocycles. The fourth-order valence-corrected chi connectivity index (χ4v) is 4.19. The molecular formula is C25H33NO6. The molecule has 1 aromatic carbocycles. The van der Waals surface area contributed by atoms with Gasteiger partial charge in [0, 0.05) is 37.9 Å². The first-order valence-electron chi connectivity index (χ1n) is 10.7. The highest BCUT2D eigenvalue weighted by molar-refractivity contribution is 5.77. The van der Waals surface area contributed by atoms with Crippen LogP contribution in [0.2, 0.25) is 0 Å². The Kier molecular flexibility index (Phi) is 6.88. The number of ether oxygens (including phenoxy) is 4. The van der Waals surface area contributed by atoms with Crippen molar-refractivity contribution in [2.24, 2.45) is 5.41 Å². The largest absolute Gasteiger partial charge is 0.508 e. The fourth-order valence-electron chi connectivity index (χ4n) is 4.19. The first-order valence-corrected chi connectivity index (χ1v) is 10.7. The molecule has 1 aliphatic heterocycles. The number of hydrogen-bond acceptors (Lipinski definition) is 6. The summed E-state index contributed by atoms with van der Waals surface area (Å²) in [7, 11) is 4.72. The predicted molar refractivity (Wildman–Crippen MR) is 125 cm³/mol. The van der Waals surface area contributed by atoms with Gasteiger partial charge in [-0.05, 0) is 29.5 Å². The molecule has 32 heavy (non-hydrogen) atoms. The molecule has 0 saturated carbocycles. The minimum Gasteiger partial charge on any atom is -0.508 e. The normalized spacial score (nSPS) is 15.0. The Morgan fingerprint density at radius 3 is 2.44 bits per heavy atom. The topological polar surface area (TPSA) is 79.2 Å². The molecule has 1 aromatic heterocycles. The number of pyridine rings is 1. The van der Waals surface area contributed by atoms with Crippen LogP contribution in [0.25, 0.3) is 17.0 Å². The van der Waals surface area contributed by atoms with Gasteiger partial charge in [0.25, 0.3) is 0 Å². The number of aromatic nitrogens is 1. The van der Waals surface area contributed by atoms with Crippen LogP contribution in [0.4, 0.5) is 0 Å². The summed E-state index contributed by atoms with van der Waals surface area (Å²) >= 11 is 0. The average molecular weight is 444 g/mol. The van der Waals surface area contributed by atoms with E-state index >= 15 is 0 Å². The third kappa shape index (κ3) is 4.35. The van der Waals surface area contributed by atoms with Gasteiger partial charge in [-0.2, -0.15) is 0 Å². The first-order chi connectivity index (χ1) is 15.1. The lowest BCUT2D eigenvalue weighted by molar-refractivity contribution is 0.170. The standard InChI is InChI=1S/C25H33NO6/c1-15(27)18-14-26-21(25(2,3)4)12-16-11-20(32-10-8-9-29-5)19(30-6)13-17(16)22(26)24(31-7)23(18)28/h11,13-14,21,27H,1,8-10,12H2,2-7H3/t21-/m0/s1. The number of methoxy groups -OCH3 is 3. The molecule has 2 heterocycles. The predicted octanol–water partition coefficient (Wildman–Crippen LogP) is 4.62. The quantitative estimate of drug-likeness (QED) is 0.474. The van der Waals surface area contributed by atoms with Crippen molar-refractivity contribution in [3.63, 3.8) is 0 Å². The Balaban J connectivity index is 2.25. The molecule has 0 spiro atoms. The van der Waals surface area contributed by atoms with Crippen LogP contribution in [0.15, 0.2) is 29.7 Å². The van der Waals surface area contributed by atoms with Crippen LogP contribution in [0.5, 0.6) is 17.2 Å². The van der Waals surface area contributed by atoms with Crippen molar-refractivity contribution in [2.45, 2.75) is 39.7 Å². The molecule has 1 atom stereocenters. The van der Waals surface area contributed by atoms with Crippen molar-refractivity contribution in [1.29, 1.82) is 0 Å². The molecule has 0 amide bonds. The zero-order valence-corrected chi connectivity index (χ0v) is 19.8. The van der Waals surface area contributed by atoms with E-state index in [0.29, 0.717) is 36.8 Å². The Morgan fingerprint density at radius 2 is 1.88 bits per heavy atom. The number of aliphatic hydroxyl groups excluding tert-OH is 1. The Labute approximate surface area is 189 Å². The van der Waals surface area contributed by atoms with Gasteiger partial charge in [0.05, 0.1) is 32.1 Å². The summed E-state index contributed by atoms with van der Waals surface area (Å²) in [6.07, 6.45) is 3.16. The number of nitrogens with zero attached hydrogens (tertiary/aromatic N) is 1. The number of rotatable bonds is 8. The smallest absolute Gasteiger partial charge is 0.234 e. The Bertz CT molecular complexity index is 1060. The van der Waals surface area contributed by atoms with Gasteiger partial charge < -0.3 is 28.6 Å². The molecule has 2 aromatic rings. The van der Waals surface area contributed by atoms with Crippen LogP contribution in [0.1, 0.15) is 44.4 Å². The van der Waals surface area contributed by atoms with E-state index in [1.54, 1.807) is 20.4 Å². The van der Waals surface area contributed by atoms with Gasteiger partial charge in [-0.15, -0.1) is 0 Å². The lowest BCUT2D eigenvalue weighted by atomic mass is 9.78. The van der Waals surface area contributed by atoms with Gasteiger partial charge in [0.2, 0.25) is 5.43 Å². The van der Waals surface area contributed by atoms with E-state index in [0.717, 1.165) is 17.5 Å². The summed E-state index contributed by atoms with van der Waals surface area (Å²) in [5.74, 6) is 1.13. The van der Waals surface area contributed by atoms with Gasteiger partial charge in [-0.25, -0.2) is 0 Å². The number of hydrogen-bond donors (Lipinski definition) is 1. The maximum atomic E-state index is 13.1. The minimum absolute atomic E-state index is 0.00679. The van der Waals surface area contributed by atoms with Gasteiger partial charge in [0.15, 0.2) is 17.2 Å². The van der Waals surface area contributed by atoms with Crippen molar-refractivity contribution in [1.82, 2.24) is 4.57 Å². The lowest BCUT2D eigenvalue weighted by Gasteiger charge is -2.39. The summed E-state index contributed by atoms with van der Waals surface area (Å²) in [5.41, 5.74) is 2.14. The van der Waals surface area contributed by atoms with E-state index in [1.807, 2.05) is 16.7 Å². The van der Waals surface area contributed by atoms with E-state index in [9.17, 15) is 9.90 Å². The molecule has 7 nitrogen and oxygen atoms in total. The SMILES string of the molecule is C=C(O)c1cn2c(c(OC)c1=O)-c1cc(OC)c(OCCCOC)cc1C[C@H]2C(C)(C)C. The second kappa shape index (κ2) is 9.28. The van der Waals surface area contributed by atoms with Crippen LogP contribution in [-0.4, -0.2) is 44.2 Å². The molecular weight excluding hydrogens is 410 g/mol. The third-order valence-corrected chi connectivity index (χ3v) is 5.85. The van der Waals surface area contributed by atoms with Crippen molar-refractivity contribution in [3.05, 3.63) is 46.3 Å². The highest BCUT2D eigenvalue weighted by Gasteiger charge is 2.36. The van der Waals surface area contributed by atoms with Gasteiger partial charge in [-0.3, -0.25) is 4.79 Å². The van der Waals surface area contributed by atoms with Crippen molar-refractivity contribution in [2.75, 3.05) is 34.5 Å². The molecule has 7 heteroatoms. The lowest BCUT2D eigenvalue weighted by Crippen LogP contribution is -2.33. The summed E-state index contributed by atoms with van der Waals surface area (Å²) in [5, 5.41) is 10.0. The van der Waals surface area contributed by atoms with Gasteiger partial charge in [-0.1, -0.05) is 27.4 Å². The molecule has 0 unspecified atom stereocenters. The molecule has 1 aliphatic rings. The summed E-state index contributed by atoms with van der Waals surface area (Å²) in [6, 6.07) is 3.89. The van der Waals surface area contributed by atoms with Crippen LogP contribution in [0.3, 0.4) is 0 Å². The number of aliphatic hydroxyl groups is 1. The molecule has 0 radical (unpaired) electrons. The molecule has 3 rings (SSSR count). The highest BCUT2D eigenvalue weighted by Crippen LogP contribution is 2.48. The van der Waals surface area contributed by atoms with Crippen molar-refractivity contribution < 1.29 is 24.1 Å². The summed E-state index contributed by atoms with van der Waals surface area (Å²) in [4.78, 5) is 13.1. The van der Waals surface area contributed by atoms with Gasteiger partial charge >= 0.3 is 0 Å². The van der Waals surface area contributed by atoms with Crippen molar-refractivity contribution in [3.8, 4) is 28.5 Å². The zero-order chi connectivity index (χ0) is 23.6. The maximum Gasteiger partial charge on any atom is 0.234 e. The number of fused-ring (bicyclic) bond motifs is 3. The molecule has 0 bridgehead atoms. The molecule has 1 N–H and O–H groups in total. The summed E-state index contributed by atoms with van der Waals surface area (Å²) in [6.45, 7) is 11.1. The first kappa shape index (κ1) is 23.7. The second-order valence-corrected chi connectivity index (χ2v) is 9.05. The van der Waals surface area contributed by atoms with Crippen LogP contribution >= 0.6 is 0 Å². The Morgan fingerprint density at radius 1 is 1.16 bits per heavy atom. The third-order valence-electron chi connectivity index (χ3n) is 5.85. The average Bonchev–Trinajstić information content (AvgIpc) is 2.74. The van der Waals surface area contributed by atoms with Crippen molar-refractivity contribution >= 4 is 5.76 Å². The Hall–Kier alpha value is -2.93. The van der Waals surface area contributed by atoms with E-state index in [2.05, 4.69) is 27.4 Å². The zero-order valence-electron chi connectivity index (χ0n) is 19.8. The highest BCUT2D eigenvalue weighted by atomic mass is 16.5. The monoisotopic (exact) mass is 443 g/mol. The van der Waals surface area contributed by atoms with Crippen LogP contribution in [0, 0.1) is 5.41 Å². The van der Waals surface area contributed by atoms with E-state index in [1.165, 1.54) is 7.11 Å². The maximum absolute atomic E-state index is 13.1. The minimum atomic E-state index is -0.398. The summed E-state index contributed by atoms with van der Waals surface area (Å²) < 4.78 is 24.3. The second-order valence-electron chi connectivity index (χ2n) is 9.05. The number of benzene rings is 1. The van der Waals surface area contributed by atoms with E-state index < -0.39 is 5.43 Å². The van der Waals surface area contributed by atoms with E-state index in [4.69, 9.17) is 18.9 Å². The molecule has 0 aliphatic carbocycles.